The Morgan fingerprint density at radius 3 is 2.29 bits per heavy atom. The van der Waals surface area contributed by atoms with Crippen molar-refractivity contribution in [2.75, 3.05) is 0 Å². The van der Waals surface area contributed by atoms with Gasteiger partial charge in [0.25, 0.3) is 0 Å². The minimum Gasteiger partial charge on any atom is -0.452 e. The second-order valence-electron chi connectivity index (χ2n) is 2.90. The fraction of sp³-hybridized carbons (Fsp3) is 0.0909. The monoisotopic (exact) mass is 241 g/mol. The van der Waals surface area contributed by atoms with Crippen molar-refractivity contribution in [3.8, 4) is 11.8 Å². The van der Waals surface area contributed by atoms with E-state index in [9.17, 15) is 18.0 Å². The molecule has 0 N–H and O–H groups in total. The maximum atomic E-state index is 12.3. The molecule has 0 aliphatic rings. The highest BCUT2D eigenvalue weighted by Crippen LogP contribution is 2.28. The van der Waals surface area contributed by atoms with E-state index in [-0.39, 0.29) is 18.1 Å². The highest BCUT2D eigenvalue weighted by atomic mass is 19.4. The minimum atomic E-state index is -4.74. The van der Waals surface area contributed by atoms with Crippen molar-refractivity contribution in [3.05, 3.63) is 41.7 Å². The first-order valence-electron chi connectivity index (χ1n) is 4.38. The number of carbonyl (C=O) groups is 1. The zero-order chi connectivity index (χ0) is 12.9. The Morgan fingerprint density at radius 2 is 1.88 bits per heavy atom. The summed E-state index contributed by atoms with van der Waals surface area (Å²) in [5, 5.41) is 8.50. The van der Waals surface area contributed by atoms with Gasteiger partial charge in [0.05, 0.1) is 11.6 Å². The summed E-state index contributed by atoms with van der Waals surface area (Å²) >= 11 is 0. The second kappa shape index (κ2) is 5.16. The lowest BCUT2D eigenvalue weighted by molar-refractivity contribution is -0.119. The van der Waals surface area contributed by atoms with Gasteiger partial charge < -0.3 is 4.74 Å². The van der Waals surface area contributed by atoms with Crippen molar-refractivity contribution in [1.82, 2.24) is 0 Å². The van der Waals surface area contributed by atoms with Crippen molar-refractivity contribution in [2.45, 2.75) is 6.18 Å². The number of rotatable bonds is 3. The number of benzene rings is 1. The largest absolute Gasteiger partial charge is 0.452 e. The standard InChI is InChI=1S/C11H6F3NO2/c12-11(13,14)10(5-6-16)17-9-3-1-8(7-15)2-4-9/h1-6H/b10-5+. The molecule has 0 aromatic heterocycles. The normalized spacial score (nSPS) is 11.8. The van der Waals surface area contributed by atoms with Crippen LogP contribution in [-0.2, 0) is 4.79 Å². The first-order chi connectivity index (χ1) is 7.97. The van der Waals surface area contributed by atoms with Gasteiger partial charge in [0.1, 0.15) is 12.0 Å². The van der Waals surface area contributed by atoms with Gasteiger partial charge in [0.2, 0.25) is 5.76 Å². The third-order valence-electron chi connectivity index (χ3n) is 1.71. The smallest absolute Gasteiger partial charge is 0.449 e. The van der Waals surface area contributed by atoms with Crippen LogP contribution >= 0.6 is 0 Å². The predicted molar refractivity (Wildman–Crippen MR) is 52.0 cm³/mol. The van der Waals surface area contributed by atoms with Gasteiger partial charge in [0.15, 0.2) is 0 Å². The molecule has 0 aliphatic heterocycles. The molecule has 6 heteroatoms. The van der Waals surface area contributed by atoms with Gasteiger partial charge in [-0.1, -0.05) is 0 Å². The quantitative estimate of drug-likeness (QED) is 0.464. The van der Waals surface area contributed by atoms with Crippen molar-refractivity contribution in [1.29, 1.82) is 5.26 Å². The lowest BCUT2D eigenvalue weighted by Gasteiger charge is -2.12. The Morgan fingerprint density at radius 1 is 1.29 bits per heavy atom. The molecule has 1 aromatic rings. The Kier molecular flexibility index (Phi) is 3.88. The van der Waals surface area contributed by atoms with Gasteiger partial charge >= 0.3 is 6.18 Å². The fourth-order valence-corrected chi connectivity index (χ4v) is 0.973. The molecule has 1 aromatic carbocycles. The van der Waals surface area contributed by atoms with E-state index in [2.05, 4.69) is 4.74 Å². The van der Waals surface area contributed by atoms with E-state index in [4.69, 9.17) is 5.26 Å². The van der Waals surface area contributed by atoms with Crippen molar-refractivity contribution in [3.63, 3.8) is 0 Å². The molecule has 0 atom stereocenters. The first kappa shape index (κ1) is 12.8. The van der Waals surface area contributed by atoms with Crippen LogP contribution in [0.5, 0.6) is 5.75 Å². The van der Waals surface area contributed by atoms with Gasteiger partial charge in [-0.3, -0.25) is 4.79 Å². The number of alkyl halides is 3. The van der Waals surface area contributed by atoms with Gasteiger partial charge in [-0.05, 0) is 24.3 Å². The second-order valence-corrected chi connectivity index (χ2v) is 2.90. The third kappa shape index (κ3) is 3.65. The molecule has 0 amide bonds. The Hall–Kier alpha value is -2.29. The number of halogens is 3. The number of hydrogen-bond acceptors (Lipinski definition) is 3. The molecule has 0 saturated carbocycles. The van der Waals surface area contributed by atoms with Crippen LogP contribution in [0.2, 0.25) is 0 Å². The molecule has 0 heterocycles. The number of allylic oxidation sites excluding steroid dienone is 2. The maximum absolute atomic E-state index is 12.3. The lowest BCUT2D eigenvalue weighted by Crippen LogP contribution is -2.17. The number of hydrogen-bond donors (Lipinski definition) is 0. The highest BCUT2D eigenvalue weighted by molar-refractivity contribution is 5.66. The zero-order valence-electron chi connectivity index (χ0n) is 8.36. The fourth-order valence-electron chi connectivity index (χ4n) is 0.973. The summed E-state index contributed by atoms with van der Waals surface area (Å²) < 4.78 is 41.5. The van der Waals surface area contributed by atoms with Crippen LogP contribution in [0.1, 0.15) is 5.56 Å². The van der Waals surface area contributed by atoms with E-state index in [1.165, 1.54) is 24.3 Å². The highest BCUT2D eigenvalue weighted by Gasteiger charge is 2.36. The minimum absolute atomic E-state index is 0.00747. The average Bonchev–Trinajstić information content (AvgIpc) is 2.28. The van der Waals surface area contributed by atoms with Crippen LogP contribution in [-0.4, -0.2) is 12.5 Å². The summed E-state index contributed by atoms with van der Waals surface area (Å²) in [6.45, 7) is 0. The molecule has 1 rings (SSSR count). The van der Waals surface area contributed by atoms with E-state index in [1.54, 1.807) is 0 Å². The van der Waals surface area contributed by atoms with Crippen LogP contribution in [0.15, 0.2) is 36.1 Å². The third-order valence-corrected chi connectivity index (χ3v) is 1.71. The van der Waals surface area contributed by atoms with Gasteiger partial charge in [-0.25, -0.2) is 0 Å². The molecule has 3 nitrogen and oxygen atoms in total. The summed E-state index contributed by atoms with van der Waals surface area (Å²) in [7, 11) is 0. The lowest BCUT2D eigenvalue weighted by atomic mass is 10.2. The topological polar surface area (TPSA) is 50.1 Å². The number of ether oxygens (including phenoxy) is 1. The predicted octanol–water partition coefficient (Wildman–Crippen LogP) is 2.58. The van der Waals surface area contributed by atoms with E-state index >= 15 is 0 Å². The molecule has 0 bridgehead atoms. The molecular formula is C11H6F3NO2. The Balaban J connectivity index is 2.92. The molecule has 0 fully saturated rings. The van der Waals surface area contributed by atoms with E-state index in [0.717, 1.165) is 0 Å². The molecule has 88 valence electrons. The summed E-state index contributed by atoms with van der Waals surface area (Å²) in [6, 6.07) is 6.86. The van der Waals surface area contributed by atoms with E-state index < -0.39 is 11.9 Å². The van der Waals surface area contributed by atoms with Crippen molar-refractivity contribution >= 4 is 6.29 Å². The Labute approximate surface area is 94.7 Å². The average molecular weight is 241 g/mol. The van der Waals surface area contributed by atoms with Crippen LogP contribution in [0.4, 0.5) is 13.2 Å². The van der Waals surface area contributed by atoms with Gasteiger partial charge in [-0.15, -0.1) is 0 Å². The van der Waals surface area contributed by atoms with Crippen LogP contribution in [0, 0.1) is 11.3 Å². The SMILES string of the molecule is N#Cc1ccc(O/C(=C/C=O)C(F)(F)F)cc1. The van der Waals surface area contributed by atoms with Crippen LogP contribution in [0.25, 0.3) is 0 Å². The summed E-state index contributed by atoms with van der Waals surface area (Å²) in [5.74, 6) is -1.51. The van der Waals surface area contributed by atoms with Crippen LogP contribution < -0.4 is 4.74 Å². The number of nitrogens with zero attached hydrogens (tertiary/aromatic N) is 1. The van der Waals surface area contributed by atoms with Gasteiger partial charge in [-0.2, -0.15) is 18.4 Å². The summed E-state index contributed by atoms with van der Waals surface area (Å²) in [4.78, 5) is 10.1. The summed E-state index contributed by atoms with van der Waals surface area (Å²) in [5.41, 5.74) is 0.297. The van der Waals surface area contributed by atoms with Crippen molar-refractivity contribution < 1.29 is 22.7 Å². The molecule has 0 aliphatic carbocycles. The molecular weight excluding hydrogens is 235 g/mol. The number of carbonyl (C=O) groups excluding carboxylic acids is 1. The van der Waals surface area contributed by atoms with E-state index in [0.29, 0.717) is 5.56 Å². The zero-order valence-corrected chi connectivity index (χ0v) is 8.36. The van der Waals surface area contributed by atoms with Crippen molar-refractivity contribution in [2.24, 2.45) is 0 Å². The maximum Gasteiger partial charge on any atom is 0.449 e. The number of nitriles is 1. The Bertz CT molecular complexity index is 469. The molecule has 0 radical (unpaired) electrons. The first-order valence-corrected chi connectivity index (χ1v) is 4.38. The molecule has 0 saturated heterocycles. The van der Waals surface area contributed by atoms with Crippen LogP contribution in [0.3, 0.4) is 0 Å². The molecule has 0 unspecified atom stereocenters. The van der Waals surface area contributed by atoms with Gasteiger partial charge in [0, 0.05) is 6.08 Å². The molecule has 17 heavy (non-hydrogen) atoms. The van der Waals surface area contributed by atoms with E-state index in [1.807, 2.05) is 6.07 Å². The number of aldehydes is 1. The summed E-state index contributed by atoms with van der Waals surface area (Å²) in [6.07, 6.45) is -4.46. The molecule has 0 spiro atoms.